The standard InChI is InChI=1S/C22H16ClNO3S/c1-13-12-15(23)9-10-16(13)24-19(17-8-5-11-28-17)18(21(26)22(24)27)20(25)14-6-3-2-4-7-14/h2-12,19,25H,1H3/b20-18-. The van der Waals surface area contributed by atoms with E-state index < -0.39 is 17.7 Å². The maximum atomic E-state index is 13.0. The van der Waals surface area contributed by atoms with Gasteiger partial charge in [-0.15, -0.1) is 11.3 Å². The van der Waals surface area contributed by atoms with Crippen molar-refractivity contribution in [3.63, 3.8) is 0 Å². The molecule has 0 saturated carbocycles. The van der Waals surface area contributed by atoms with Crippen molar-refractivity contribution in [2.75, 3.05) is 4.90 Å². The Bertz CT molecular complexity index is 1090. The van der Waals surface area contributed by atoms with Gasteiger partial charge in [-0.05, 0) is 42.1 Å². The molecule has 0 radical (unpaired) electrons. The van der Waals surface area contributed by atoms with E-state index in [-0.39, 0.29) is 11.3 Å². The Balaban J connectivity index is 1.95. The summed E-state index contributed by atoms with van der Waals surface area (Å²) in [5, 5.41) is 13.4. The van der Waals surface area contributed by atoms with Gasteiger partial charge in [0, 0.05) is 21.2 Å². The van der Waals surface area contributed by atoms with Crippen molar-refractivity contribution in [3.8, 4) is 0 Å². The van der Waals surface area contributed by atoms with E-state index in [9.17, 15) is 14.7 Å². The monoisotopic (exact) mass is 409 g/mol. The molecule has 0 spiro atoms. The van der Waals surface area contributed by atoms with Crippen LogP contribution in [0.3, 0.4) is 0 Å². The highest BCUT2D eigenvalue weighted by Gasteiger charge is 2.47. The lowest BCUT2D eigenvalue weighted by molar-refractivity contribution is -0.132. The third-order valence-corrected chi connectivity index (χ3v) is 5.88. The molecule has 2 heterocycles. The number of ketones is 1. The van der Waals surface area contributed by atoms with Crippen LogP contribution in [0.15, 0.2) is 71.6 Å². The van der Waals surface area contributed by atoms with Gasteiger partial charge in [0.15, 0.2) is 0 Å². The van der Waals surface area contributed by atoms with Crippen molar-refractivity contribution >= 4 is 46.1 Å². The first-order valence-corrected chi connectivity index (χ1v) is 9.91. The van der Waals surface area contributed by atoms with Gasteiger partial charge < -0.3 is 5.11 Å². The van der Waals surface area contributed by atoms with Gasteiger partial charge in [-0.25, -0.2) is 0 Å². The molecule has 1 unspecified atom stereocenters. The highest BCUT2D eigenvalue weighted by molar-refractivity contribution is 7.10. The number of amides is 1. The molecule has 1 atom stereocenters. The fourth-order valence-corrected chi connectivity index (χ4v) is 4.49. The van der Waals surface area contributed by atoms with Gasteiger partial charge in [0.2, 0.25) is 0 Å². The van der Waals surface area contributed by atoms with Crippen molar-refractivity contribution in [3.05, 3.63) is 92.6 Å². The maximum Gasteiger partial charge on any atom is 0.300 e. The highest BCUT2D eigenvalue weighted by atomic mass is 35.5. The Morgan fingerprint density at radius 1 is 1.07 bits per heavy atom. The Kier molecular flexibility index (Phi) is 4.79. The van der Waals surface area contributed by atoms with Crippen LogP contribution in [0.25, 0.3) is 5.76 Å². The minimum Gasteiger partial charge on any atom is -0.507 e. The van der Waals surface area contributed by atoms with Crippen LogP contribution in [0.1, 0.15) is 22.0 Å². The van der Waals surface area contributed by atoms with Crippen molar-refractivity contribution in [1.82, 2.24) is 0 Å². The number of carbonyl (C=O) groups excluding carboxylic acids is 2. The molecule has 1 fully saturated rings. The van der Waals surface area contributed by atoms with Crippen LogP contribution >= 0.6 is 22.9 Å². The number of anilines is 1. The Hall–Kier alpha value is -2.89. The number of carbonyl (C=O) groups is 2. The molecule has 0 aliphatic carbocycles. The van der Waals surface area contributed by atoms with Gasteiger partial charge in [-0.1, -0.05) is 48.0 Å². The van der Waals surface area contributed by atoms with E-state index >= 15 is 0 Å². The highest BCUT2D eigenvalue weighted by Crippen LogP contribution is 2.44. The van der Waals surface area contributed by atoms with E-state index in [1.807, 2.05) is 30.5 Å². The molecule has 6 heteroatoms. The second-order valence-corrected chi connectivity index (χ2v) is 7.90. The first kappa shape index (κ1) is 18.5. The number of benzene rings is 2. The number of hydrogen-bond donors (Lipinski definition) is 1. The molecular formula is C22H16ClNO3S. The molecule has 140 valence electrons. The number of thiophene rings is 1. The molecule has 4 nitrogen and oxygen atoms in total. The first-order chi connectivity index (χ1) is 13.5. The number of aliphatic hydroxyl groups is 1. The molecule has 2 aromatic carbocycles. The molecule has 1 N–H and O–H groups in total. The van der Waals surface area contributed by atoms with Gasteiger partial charge in [0.25, 0.3) is 11.7 Å². The normalized spacial score (nSPS) is 18.6. The lowest BCUT2D eigenvalue weighted by Crippen LogP contribution is -2.29. The van der Waals surface area contributed by atoms with Crippen LogP contribution in [-0.4, -0.2) is 16.8 Å². The fourth-order valence-electron chi connectivity index (χ4n) is 3.44. The van der Waals surface area contributed by atoms with E-state index in [1.165, 1.54) is 16.2 Å². The number of aryl methyl sites for hydroxylation is 1. The van der Waals surface area contributed by atoms with Crippen LogP contribution in [0, 0.1) is 6.92 Å². The number of halogens is 1. The van der Waals surface area contributed by atoms with Gasteiger partial charge in [0.1, 0.15) is 11.8 Å². The van der Waals surface area contributed by atoms with Crippen LogP contribution in [0.4, 0.5) is 5.69 Å². The predicted octanol–water partition coefficient (Wildman–Crippen LogP) is 5.34. The van der Waals surface area contributed by atoms with Crippen molar-refractivity contribution in [2.24, 2.45) is 0 Å². The van der Waals surface area contributed by atoms with Crippen LogP contribution in [0.5, 0.6) is 0 Å². The number of nitrogens with zero attached hydrogens (tertiary/aromatic N) is 1. The van der Waals surface area contributed by atoms with Crippen LogP contribution in [0.2, 0.25) is 5.02 Å². The average molecular weight is 410 g/mol. The van der Waals surface area contributed by atoms with Gasteiger partial charge >= 0.3 is 0 Å². The van der Waals surface area contributed by atoms with Crippen LogP contribution in [-0.2, 0) is 9.59 Å². The summed E-state index contributed by atoms with van der Waals surface area (Å²) in [5.41, 5.74) is 1.95. The van der Waals surface area contributed by atoms with Crippen LogP contribution < -0.4 is 4.90 Å². The van der Waals surface area contributed by atoms with Crippen molar-refractivity contribution < 1.29 is 14.7 Å². The summed E-state index contributed by atoms with van der Waals surface area (Å²) in [6, 6.07) is 17.0. The summed E-state index contributed by atoms with van der Waals surface area (Å²) >= 11 is 7.50. The fraction of sp³-hybridized carbons (Fsp3) is 0.0909. The Morgan fingerprint density at radius 2 is 1.82 bits per heavy atom. The largest absolute Gasteiger partial charge is 0.507 e. The summed E-state index contributed by atoms with van der Waals surface area (Å²) < 4.78 is 0. The maximum absolute atomic E-state index is 13.0. The molecule has 1 amide bonds. The van der Waals surface area contributed by atoms with Crippen molar-refractivity contribution in [1.29, 1.82) is 0 Å². The summed E-state index contributed by atoms with van der Waals surface area (Å²) in [5.74, 6) is -1.54. The van der Waals surface area contributed by atoms with Gasteiger partial charge in [0.05, 0.1) is 5.57 Å². The average Bonchev–Trinajstić information content (AvgIpc) is 3.30. The van der Waals surface area contributed by atoms with Crippen molar-refractivity contribution in [2.45, 2.75) is 13.0 Å². The zero-order valence-electron chi connectivity index (χ0n) is 14.9. The summed E-state index contributed by atoms with van der Waals surface area (Å²) in [4.78, 5) is 28.2. The van der Waals surface area contributed by atoms with E-state index in [1.54, 1.807) is 42.5 Å². The summed E-state index contributed by atoms with van der Waals surface area (Å²) in [6.45, 7) is 1.84. The lowest BCUT2D eigenvalue weighted by Gasteiger charge is -2.25. The molecule has 1 saturated heterocycles. The number of aliphatic hydroxyl groups excluding tert-OH is 1. The van der Waals surface area contributed by atoms with Gasteiger partial charge in [-0.2, -0.15) is 0 Å². The third-order valence-electron chi connectivity index (χ3n) is 4.72. The Labute approximate surface area is 171 Å². The molecule has 3 aromatic rings. The zero-order valence-corrected chi connectivity index (χ0v) is 16.5. The smallest absolute Gasteiger partial charge is 0.300 e. The molecule has 1 aliphatic rings. The predicted molar refractivity (Wildman–Crippen MR) is 112 cm³/mol. The summed E-state index contributed by atoms with van der Waals surface area (Å²) in [7, 11) is 0. The van der Waals surface area contributed by atoms with Gasteiger partial charge in [-0.3, -0.25) is 14.5 Å². The Morgan fingerprint density at radius 3 is 2.46 bits per heavy atom. The quantitative estimate of drug-likeness (QED) is 0.361. The SMILES string of the molecule is Cc1cc(Cl)ccc1N1C(=O)C(=O)/C(=C(\O)c2ccccc2)C1c1cccs1. The second-order valence-electron chi connectivity index (χ2n) is 6.48. The molecule has 4 rings (SSSR count). The lowest BCUT2D eigenvalue weighted by atomic mass is 9.99. The van der Waals surface area contributed by atoms with E-state index in [2.05, 4.69) is 0 Å². The third kappa shape index (κ3) is 3.03. The topological polar surface area (TPSA) is 57.6 Å². The molecule has 28 heavy (non-hydrogen) atoms. The summed E-state index contributed by atoms with van der Waals surface area (Å²) in [6.07, 6.45) is 0. The molecule has 1 aliphatic heterocycles. The first-order valence-electron chi connectivity index (χ1n) is 8.65. The molecular weight excluding hydrogens is 394 g/mol. The van der Waals surface area contributed by atoms with E-state index in [4.69, 9.17) is 11.6 Å². The minimum absolute atomic E-state index is 0.0907. The second kappa shape index (κ2) is 7.26. The van der Waals surface area contributed by atoms with E-state index in [0.29, 0.717) is 16.3 Å². The minimum atomic E-state index is -0.700. The molecule has 0 bridgehead atoms. The number of rotatable bonds is 3. The number of Topliss-reactive ketones (excluding diaryl/α,β-unsaturated/α-hetero) is 1. The van der Waals surface area contributed by atoms with E-state index in [0.717, 1.165) is 10.4 Å². The zero-order chi connectivity index (χ0) is 19.8. The molecule has 1 aromatic heterocycles. The number of hydrogen-bond acceptors (Lipinski definition) is 4.